The second-order valence-electron chi connectivity index (χ2n) is 18.3. The van der Waals surface area contributed by atoms with Crippen LogP contribution in [0.15, 0.2) is 0 Å². The summed E-state index contributed by atoms with van der Waals surface area (Å²) in [5, 5.41) is 9.34. The molecule has 1 atom stereocenters. The summed E-state index contributed by atoms with van der Waals surface area (Å²) in [4.78, 5) is 35.2. The number of piperazine rings is 1. The SMILES string of the molecule is CCCCCCCCC(CCCCCC)OC(=O)OCCCCCCN(CCCCCCOC(=O)N(CCCCCC)CCCCCCCC)CCN1CCN(CCO)CC1. The molecule has 0 aliphatic carbocycles. The summed E-state index contributed by atoms with van der Waals surface area (Å²) in [5.41, 5.74) is 0. The minimum atomic E-state index is -0.476. The van der Waals surface area contributed by atoms with Gasteiger partial charge < -0.3 is 29.1 Å². The van der Waals surface area contributed by atoms with Gasteiger partial charge in [-0.1, -0.05) is 156 Å². The molecule has 1 rings (SSSR count). The van der Waals surface area contributed by atoms with Crippen LogP contribution >= 0.6 is 0 Å². The third-order valence-corrected chi connectivity index (χ3v) is 12.6. The average Bonchev–Trinajstić information content (AvgIpc) is 3.26. The van der Waals surface area contributed by atoms with Gasteiger partial charge >= 0.3 is 12.2 Å². The number of ether oxygens (including phenoxy) is 3. The normalized spacial score (nSPS) is 14.1. The molecule has 1 aliphatic rings. The molecule has 61 heavy (non-hydrogen) atoms. The van der Waals surface area contributed by atoms with E-state index in [9.17, 15) is 14.7 Å². The van der Waals surface area contributed by atoms with Gasteiger partial charge in [0.25, 0.3) is 0 Å². The molecular weight excluding hydrogens is 765 g/mol. The number of hydrogen-bond donors (Lipinski definition) is 1. The van der Waals surface area contributed by atoms with Crippen LogP contribution in [-0.2, 0) is 14.2 Å². The van der Waals surface area contributed by atoms with Gasteiger partial charge in [-0.15, -0.1) is 0 Å². The second kappa shape index (κ2) is 43.6. The third-order valence-electron chi connectivity index (χ3n) is 12.6. The number of rotatable bonds is 44. The summed E-state index contributed by atoms with van der Waals surface area (Å²) in [6.07, 6.45) is 34.2. The number of amides is 1. The fourth-order valence-corrected chi connectivity index (χ4v) is 8.47. The van der Waals surface area contributed by atoms with Crippen molar-refractivity contribution in [1.82, 2.24) is 19.6 Å². The molecule has 0 aromatic carbocycles. The van der Waals surface area contributed by atoms with Gasteiger partial charge in [-0.25, -0.2) is 9.59 Å². The predicted molar refractivity (Wildman–Crippen MR) is 257 cm³/mol. The molecule has 1 unspecified atom stereocenters. The Morgan fingerprint density at radius 3 is 1.38 bits per heavy atom. The number of carbonyl (C=O) groups is 2. The molecule has 1 saturated heterocycles. The second-order valence-corrected chi connectivity index (χ2v) is 18.3. The van der Waals surface area contributed by atoms with Gasteiger partial charge in [-0.3, -0.25) is 9.80 Å². The zero-order valence-electron chi connectivity index (χ0n) is 41.0. The van der Waals surface area contributed by atoms with E-state index < -0.39 is 6.16 Å². The summed E-state index contributed by atoms with van der Waals surface area (Å²) >= 11 is 0. The largest absolute Gasteiger partial charge is 0.508 e. The quantitative estimate of drug-likeness (QED) is 0.0474. The lowest BCUT2D eigenvalue weighted by Crippen LogP contribution is -2.49. The zero-order chi connectivity index (χ0) is 44.3. The molecule has 0 spiro atoms. The van der Waals surface area contributed by atoms with Crippen LogP contribution < -0.4 is 0 Å². The Morgan fingerprint density at radius 1 is 0.475 bits per heavy atom. The molecule has 10 nitrogen and oxygen atoms in total. The lowest BCUT2D eigenvalue weighted by molar-refractivity contribution is 0.0154. The van der Waals surface area contributed by atoms with Crippen LogP contribution in [-0.4, -0.2) is 135 Å². The number of hydrogen-bond acceptors (Lipinski definition) is 9. The Bertz CT molecular complexity index is 952. The zero-order valence-corrected chi connectivity index (χ0v) is 41.0. The van der Waals surface area contributed by atoms with Gasteiger partial charge in [-0.05, 0) is 77.3 Å². The molecule has 0 radical (unpaired) electrons. The topological polar surface area (TPSA) is 95.0 Å². The van der Waals surface area contributed by atoms with E-state index in [2.05, 4.69) is 42.4 Å². The fourth-order valence-electron chi connectivity index (χ4n) is 8.47. The Kier molecular flexibility index (Phi) is 41.0. The summed E-state index contributed by atoms with van der Waals surface area (Å²) in [7, 11) is 0. The van der Waals surface area contributed by atoms with E-state index in [1.165, 1.54) is 103 Å². The highest BCUT2D eigenvalue weighted by atomic mass is 16.7. The smallest absolute Gasteiger partial charge is 0.449 e. The summed E-state index contributed by atoms with van der Waals surface area (Å²) in [6.45, 7) is 21.2. The maximum Gasteiger partial charge on any atom is 0.508 e. The Labute approximate surface area is 377 Å². The molecule has 1 heterocycles. The van der Waals surface area contributed by atoms with E-state index in [4.69, 9.17) is 14.2 Å². The van der Waals surface area contributed by atoms with Crippen LogP contribution in [0.5, 0.6) is 0 Å². The Balaban J connectivity index is 2.44. The van der Waals surface area contributed by atoms with Crippen molar-refractivity contribution in [3.05, 3.63) is 0 Å². The first-order valence-electron chi connectivity index (χ1n) is 26.5. The van der Waals surface area contributed by atoms with Gasteiger partial charge in [0, 0.05) is 58.9 Å². The molecule has 1 amide bonds. The standard InChI is InChI=1S/C51H102N4O6/c1-5-9-13-17-19-26-34-49(33-25-15-11-7-3)61-51(58)60-48-32-24-22-28-36-52(39-40-53-41-43-54(44-42-53)45-46-56)35-27-21-23-31-47-59-50(57)55(37-29-16-12-8-4)38-30-20-18-14-10-6-2/h49,56H,5-48H2,1-4H3. The average molecular weight is 867 g/mol. The molecule has 0 aromatic heterocycles. The van der Waals surface area contributed by atoms with E-state index in [1.807, 2.05) is 4.90 Å². The molecule has 0 bridgehead atoms. The lowest BCUT2D eigenvalue weighted by atomic mass is 10.0. The molecule has 10 heteroatoms. The number of aliphatic hydroxyl groups excluding tert-OH is 1. The van der Waals surface area contributed by atoms with Crippen molar-refractivity contribution in [3.8, 4) is 0 Å². The molecule has 0 saturated carbocycles. The van der Waals surface area contributed by atoms with E-state index >= 15 is 0 Å². The monoisotopic (exact) mass is 867 g/mol. The minimum absolute atomic E-state index is 0.0103. The number of nitrogens with zero attached hydrogens (tertiary/aromatic N) is 4. The van der Waals surface area contributed by atoms with Gasteiger partial charge in [-0.2, -0.15) is 0 Å². The lowest BCUT2D eigenvalue weighted by Gasteiger charge is -2.35. The van der Waals surface area contributed by atoms with Crippen LogP contribution in [0.4, 0.5) is 9.59 Å². The van der Waals surface area contributed by atoms with Gasteiger partial charge in [0.1, 0.15) is 6.10 Å². The van der Waals surface area contributed by atoms with E-state index in [0.717, 1.165) is 162 Å². The van der Waals surface area contributed by atoms with E-state index in [-0.39, 0.29) is 18.8 Å². The highest BCUT2D eigenvalue weighted by molar-refractivity contribution is 5.67. The van der Waals surface area contributed by atoms with Gasteiger partial charge in [0.15, 0.2) is 0 Å². The van der Waals surface area contributed by atoms with Crippen LogP contribution in [0.2, 0.25) is 0 Å². The number of unbranched alkanes of at least 4 members (excludes halogenated alkanes) is 22. The first kappa shape index (κ1) is 57.4. The first-order valence-corrected chi connectivity index (χ1v) is 26.5. The Morgan fingerprint density at radius 2 is 0.869 bits per heavy atom. The van der Waals surface area contributed by atoms with Crippen LogP contribution in [0.1, 0.15) is 220 Å². The van der Waals surface area contributed by atoms with Gasteiger partial charge in [0.05, 0.1) is 19.8 Å². The molecule has 1 aliphatic heterocycles. The van der Waals surface area contributed by atoms with Crippen molar-refractivity contribution in [2.75, 3.05) is 91.8 Å². The van der Waals surface area contributed by atoms with Crippen LogP contribution in [0.25, 0.3) is 0 Å². The molecule has 0 aromatic rings. The first-order chi connectivity index (χ1) is 30.0. The van der Waals surface area contributed by atoms with Crippen molar-refractivity contribution in [2.24, 2.45) is 0 Å². The molecule has 1 fully saturated rings. The predicted octanol–water partition coefficient (Wildman–Crippen LogP) is 12.6. The summed E-state index contributed by atoms with van der Waals surface area (Å²) in [5.74, 6) is 0. The van der Waals surface area contributed by atoms with E-state index in [1.54, 1.807) is 0 Å². The number of carbonyl (C=O) groups excluding carboxylic acids is 2. The van der Waals surface area contributed by atoms with Crippen LogP contribution in [0, 0.1) is 0 Å². The van der Waals surface area contributed by atoms with Crippen molar-refractivity contribution < 1.29 is 28.9 Å². The number of β-amino-alcohol motifs (C(OH)–C–C–N with tert-alkyl or cyclic N) is 1. The Hall–Kier alpha value is -1.62. The number of aliphatic hydroxyl groups is 1. The van der Waals surface area contributed by atoms with Gasteiger partial charge in [0.2, 0.25) is 0 Å². The van der Waals surface area contributed by atoms with Crippen LogP contribution in [0.3, 0.4) is 0 Å². The van der Waals surface area contributed by atoms with Crippen molar-refractivity contribution in [1.29, 1.82) is 0 Å². The van der Waals surface area contributed by atoms with E-state index in [0.29, 0.717) is 13.2 Å². The molecular formula is C51H102N4O6. The van der Waals surface area contributed by atoms with Crippen molar-refractivity contribution in [2.45, 2.75) is 226 Å². The van der Waals surface area contributed by atoms with Crippen molar-refractivity contribution >= 4 is 12.2 Å². The fraction of sp³-hybridized carbons (Fsp3) is 0.961. The highest BCUT2D eigenvalue weighted by Gasteiger charge is 2.18. The molecule has 362 valence electrons. The summed E-state index contributed by atoms with van der Waals surface area (Å²) in [6, 6.07) is 0. The third kappa shape index (κ3) is 35.4. The molecule has 1 N–H and O–H groups in total. The minimum Gasteiger partial charge on any atom is -0.449 e. The highest BCUT2D eigenvalue weighted by Crippen LogP contribution is 2.18. The maximum atomic E-state index is 13.0. The summed E-state index contributed by atoms with van der Waals surface area (Å²) < 4.78 is 17.2. The van der Waals surface area contributed by atoms with Crippen molar-refractivity contribution in [3.63, 3.8) is 0 Å². The maximum absolute atomic E-state index is 13.0.